The molecule has 0 bridgehead atoms. The second-order valence-electron chi connectivity index (χ2n) is 3.91. The second kappa shape index (κ2) is 5.68. The third-order valence-corrected chi connectivity index (χ3v) is 4.98. The average molecular weight is 300 g/mol. The van der Waals surface area contributed by atoms with E-state index in [4.69, 9.17) is 5.73 Å². The van der Waals surface area contributed by atoms with Crippen LogP contribution in [0.25, 0.3) is 0 Å². The summed E-state index contributed by atoms with van der Waals surface area (Å²) in [5.74, 6) is -0.560. The smallest absolute Gasteiger partial charge is 0.242 e. The Labute approximate surface area is 115 Å². The van der Waals surface area contributed by atoms with Crippen molar-refractivity contribution in [3.05, 3.63) is 46.4 Å². The molecule has 1 aromatic heterocycles. The van der Waals surface area contributed by atoms with Crippen LogP contribution in [0.4, 0.5) is 10.1 Å². The Hall–Kier alpha value is -1.44. The van der Waals surface area contributed by atoms with Crippen LogP contribution in [0.5, 0.6) is 0 Å². The third-order valence-electron chi connectivity index (χ3n) is 2.50. The van der Waals surface area contributed by atoms with E-state index in [9.17, 15) is 12.8 Å². The maximum atomic E-state index is 12.9. The maximum Gasteiger partial charge on any atom is 0.242 e. The number of hydrogen-bond donors (Lipinski definition) is 2. The van der Waals surface area contributed by atoms with E-state index in [-0.39, 0.29) is 17.1 Å². The molecule has 0 unspecified atom stereocenters. The predicted octanol–water partition coefficient (Wildman–Crippen LogP) is 1.99. The second-order valence-corrected chi connectivity index (χ2v) is 6.68. The number of anilines is 1. The Morgan fingerprint density at radius 2 is 2.11 bits per heavy atom. The van der Waals surface area contributed by atoms with Crippen LogP contribution in [0, 0.1) is 5.82 Å². The Balaban J connectivity index is 2.05. The summed E-state index contributed by atoms with van der Waals surface area (Å²) in [6, 6.07) is 7.08. The number of nitrogens with two attached hydrogens (primary N) is 1. The molecule has 0 aliphatic rings. The fourth-order valence-corrected chi connectivity index (χ4v) is 3.46. The van der Waals surface area contributed by atoms with Gasteiger partial charge in [-0.1, -0.05) is 6.07 Å². The number of rotatable bonds is 5. The minimum atomic E-state index is -3.70. The van der Waals surface area contributed by atoms with Crippen molar-refractivity contribution in [2.24, 2.45) is 0 Å². The van der Waals surface area contributed by atoms with E-state index in [1.807, 2.05) is 17.5 Å². The number of nitrogens with one attached hydrogen (secondary N) is 1. The lowest BCUT2D eigenvalue weighted by Crippen LogP contribution is -2.26. The number of benzene rings is 1. The van der Waals surface area contributed by atoms with Crippen molar-refractivity contribution in [3.8, 4) is 0 Å². The van der Waals surface area contributed by atoms with Gasteiger partial charge in [-0.3, -0.25) is 0 Å². The molecule has 0 fully saturated rings. The van der Waals surface area contributed by atoms with Crippen molar-refractivity contribution >= 4 is 27.0 Å². The summed E-state index contributed by atoms with van der Waals surface area (Å²) in [6.07, 6.45) is 0.609. The van der Waals surface area contributed by atoms with Gasteiger partial charge in [0.05, 0.1) is 5.69 Å². The number of nitrogen functional groups attached to an aromatic ring is 1. The van der Waals surface area contributed by atoms with Gasteiger partial charge in [0.25, 0.3) is 0 Å². The van der Waals surface area contributed by atoms with Gasteiger partial charge in [0.1, 0.15) is 10.7 Å². The summed E-state index contributed by atoms with van der Waals surface area (Å²) >= 11 is 1.57. The molecule has 2 aromatic rings. The summed E-state index contributed by atoms with van der Waals surface area (Å²) < 4.78 is 39.3. The summed E-state index contributed by atoms with van der Waals surface area (Å²) in [5.41, 5.74) is 5.42. The van der Waals surface area contributed by atoms with Gasteiger partial charge in [-0.05, 0) is 36.1 Å². The minimum absolute atomic E-state index is 0.0939. The highest BCUT2D eigenvalue weighted by molar-refractivity contribution is 7.89. The van der Waals surface area contributed by atoms with Crippen molar-refractivity contribution in [1.29, 1.82) is 0 Å². The van der Waals surface area contributed by atoms with E-state index >= 15 is 0 Å². The number of thiophene rings is 1. The molecule has 0 radical (unpaired) electrons. The summed E-state index contributed by atoms with van der Waals surface area (Å²) in [6.45, 7) is 0.277. The number of hydrogen-bond acceptors (Lipinski definition) is 4. The molecule has 7 heteroatoms. The highest BCUT2D eigenvalue weighted by Crippen LogP contribution is 2.19. The van der Waals surface area contributed by atoms with E-state index in [0.717, 1.165) is 23.1 Å². The van der Waals surface area contributed by atoms with E-state index in [2.05, 4.69) is 4.72 Å². The monoisotopic (exact) mass is 300 g/mol. The van der Waals surface area contributed by atoms with Crippen molar-refractivity contribution in [1.82, 2.24) is 4.72 Å². The van der Waals surface area contributed by atoms with Crippen molar-refractivity contribution in [2.75, 3.05) is 12.3 Å². The zero-order valence-electron chi connectivity index (χ0n) is 9.97. The molecule has 0 amide bonds. The lowest BCUT2D eigenvalue weighted by molar-refractivity contribution is 0.581. The molecular formula is C12H13FN2O2S2. The SMILES string of the molecule is Nc1cc(F)ccc1S(=O)(=O)NCCc1cccs1. The number of halogens is 1. The van der Waals surface area contributed by atoms with Crippen molar-refractivity contribution < 1.29 is 12.8 Å². The molecule has 0 spiro atoms. The molecule has 0 aliphatic carbocycles. The minimum Gasteiger partial charge on any atom is -0.398 e. The molecule has 3 N–H and O–H groups in total. The highest BCUT2D eigenvalue weighted by Gasteiger charge is 2.17. The van der Waals surface area contributed by atoms with Crippen LogP contribution in [0.2, 0.25) is 0 Å². The fourth-order valence-electron chi connectivity index (χ4n) is 1.61. The molecule has 2 rings (SSSR count). The van der Waals surface area contributed by atoms with E-state index < -0.39 is 15.8 Å². The zero-order chi connectivity index (χ0) is 13.9. The number of sulfonamides is 1. The Morgan fingerprint density at radius 3 is 2.74 bits per heavy atom. The lowest BCUT2D eigenvalue weighted by Gasteiger charge is -2.08. The Bertz CT molecular complexity index is 654. The zero-order valence-corrected chi connectivity index (χ0v) is 11.6. The van der Waals surface area contributed by atoms with E-state index in [1.165, 1.54) is 0 Å². The first-order chi connectivity index (χ1) is 8.99. The third kappa shape index (κ3) is 3.52. The van der Waals surface area contributed by atoms with Crippen molar-refractivity contribution in [2.45, 2.75) is 11.3 Å². The summed E-state index contributed by atoms with van der Waals surface area (Å²) in [5, 5.41) is 1.93. The van der Waals surface area contributed by atoms with Crippen LogP contribution in [-0.2, 0) is 16.4 Å². The van der Waals surface area contributed by atoms with Crippen LogP contribution >= 0.6 is 11.3 Å². The molecule has 1 aromatic carbocycles. The van der Waals surface area contributed by atoms with E-state index in [0.29, 0.717) is 6.42 Å². The Kier molecular flexibility index (Phi) is 4.18. The van der Waals surface area contributed by atoms with Gasteiger partial charge in [0, 0.05) is 11.4 Å². The average Bonchev–Trinajstić information content (AvgIpc) is 2.81. The van der Waals surface area contributed by atoms with Gasteiger partial charge in [0.15, 0.2) is 0 Å². The normalized spacial score (nSPS) is 11.6. The van der Waals surface area contributed by atoms with Gasteiger partial charge in [-0.25, -0.2) is 17.5 Å². The first kappa shape index (κ1) is 14.0. The predicted molar refractivity (Wildman–Crippen MR) is 74.0 cm³/mol. The highest BCUT2D eigenvalue weighted by atomic mass is 32.2. The molecule has 0 aliphatic heterocycles. The molecule has 102 valence electrons. The molecule has 1 heterocycles. The van der Waals surface area contributed by atoms with Gasteiger partial charge >= 0.3 is 0 Å². The molecule has 0 atom stereocenters. The van der Waals surface area contributed by atoms with E-state index in [1.54, 1.807) is 11.3 Å². The first-order valence-electron chi connectivity index (χ1n) is 5.56. The van der Waals surface area contributed by atoms with Gasteiger partial charge < -0.3 is 5.73 Å². The van der Waals surface area contributed by atoms with Crippen LogP contribution in [0.1, 0.15) is 4.88 Å². The molecule has 4 nitrogen and oxygen atoms in total. The van der Waals surface area contributed by atoms with Crippen LogP contribution < -0.4 is 10.5 Å². The molecule has 0 saturated carbocycles. The fraction of sp³-hybridized carbons (Fsp3) is 0.167. The van der Waals surface area contributed by atoms with Gasteiger partial charge in [-0.15, -0.1) is 11.3 Å². The summed E-state index contributed by atoms with van der Waals surface area (Å²) in [7, 11) is -3.70. The maximum absolute atomic E-state index is 12.9. The van der Waals surface area contributed by atoms with Crippen LogP contribution in [0.15, 0.2) is 40.6 Å². The first-order valence-corrected chi connectivity index (χ1v) is 7.92. The Morgan fingerprint density at radius 1 is 1.32 bits per heavy atom. The van der Waals surface area contributed by atoms with Crippen LogP contribution in [-0.4, -0.2) is 15.0 Å². The van der Waals surface area contributed by atoms with Crippen LogP contribution in [0.3, 0.4) is 0 Å². The lowest BCUT2D eigenvalue weighted by atomic mass is 10.3. The topological polar surface area (TPSA) is 72.2 Å². The quantitative estimate of drug-likeness (QED) is 0.830. The van der Waals surface area contributed by atoms with Crippen molar-refractivity contribution in [3.63, 3.8) is 0 Å². The van der Waals surface area contributed by atoms with Gasteiger partial charge in [0.2, 0.25) is 10.0 Å². The molecule has 0 saturated heterocycles. The standard InChI is InChI=1S/C12H13FN2O2S2/c13-9-3-4-12(11(14)8-9)19(16,17)15-6-5-10-2-1-7-18-10/h1-4,7-8,15H,5-6,14H2. The molecule has 19 heavy (non-hydrogen) atoms. The summed E-state index contributed by atoms with van der Waals surface area (Å²) in [4.78, 5) is 0.995. The van der Waals surface area contributed by atoms with Gasteiger partial charge in [-0.2, -0.15) is 0 Å². The molecular weight excluding hydrogens is 287 g/mol. The largest absolute Gasteiger partial charge is 0.398 e.